The molecule has 5 aliphatic rings. The largest absolute Gasteiger partial charge is 0.481 e. The number of carbonyl (C=O) groups excluding carboxylic acids is 2. The van der Waals surface area contributed by atoms with Crippen LogP contribution in [0.4, 0.5) is 0 Å². The monoisotopic (exact) mass is 430 g/mol. The highest BCUT2D eigenvalue weighted by Crippen LogP contribution is 2.73. The molecule has 1 N–H and O–H groups in total. The minimum absolute atomic E-state index is 0.00655. The first-order chi connectivity index (χ1) is 14.6. The zero-order chi connectivity index (χ0) is 22.2. The summed E-state index contributed by atoms with van der Waals surface area (Å²) < 4.78 is 13.2. The van der Waals surface area contributed by atoms with Gasteiger partial charge in [0.05, 0.1) is 12.0 Å². The highest BCUT2D eigenvalue weighted by Gasteiger charge is 2.77. The van der Waals surface area contributed by atoms with E-state index in [1.807, 2.05) is 6.08 Å². The molecule has 4 aliphatic carbocycles. The van der Waals surface area contributed by atoms with Gasteiger partial charge in [0.25, 0.3) is 0 Å². The summed E-state index contributed by atoms with van der Waals surface area (Å²) in [5.74, 6) is 0.117. The van der Waals surface area contributed by atoms with Crippen molar-refractivity contribution < 1.29 is 29.0 Å². The van der Waals surface area contributed by atoms with Crippen LogP contribution < -0.4 is 0 Å². The lowest BCUT2D eigenvalue weighted by atomic mass is 9.44. The lowest BCUT2D eigenvalue weighted by molar-refractivity contribution is -0.369. The Balaban J connectivity index is 1.56. The molecule has 6 nitrogen and oxygen atoms in total. The van der Waals surface area contributed by atoms with Crippen molar-refractivity contribution in [3.05, 3.63) is 11.6 Å². The fourth-order valence-electron chi connectivity index (χ4n) is 8.45. The van der Waals surface area contributed by atoms with Crippen LogP contribution in [0, 0.1) is 22.7 Å². The van der Waals surface area contributed by atoms with Crippen LogP contribution >= 0.6 is 0 Å². The second-order valence-corrected chi connectivity index (χ2v) is 11.0. The predicted octanol–water partition coefficient (Wildman–Crippen LogP) is 4.21. The number of hydrogen-bond acceptors (Lipinski definition) is 5. The average molecular weight is 431 g/mol. The zero-order valence-electron chi connectivity index (χ0n) is 18.9. The van der Waals surface area contributed by atoms with Crippen molar-refractivity contribution in [3.8, 4) is 0 Å². The molecule has 0 amide bonds. The topological polar surface area (TPSA) is 89.9 Å². The number of ketones is 2. The van der Waals surface area contributed by atoms with Gasteiger partial charge < -0.3 is 14.6 Å². The van der Waals surface area contributed by atoms with Crippen LogP contribution in [0.5, 0.6) is 0 Å². The van der Waals surface area contributed by atoms with E-state index in [1.54, 1.807) is 6.92 Å². The maximum absolute atomic E-state index is 13.1. The summed E-state index contributed by atoms with van der Waals surface area (Å²) in [5, 5.41) is 9.21. The number of ether oxygens (including phenoxy) is 2. The van der Waals surface area contributed by atoms with Gasteiger partial charge in [-0.3, -0.25) is 14.4 Å². The van der Waals surface area contributed by atoms with E-state index in [9.17, 15) is 19.5 Å². The Hall–Kier alpha value is -1.53. The van der Waals surface area contributed by atoms with Gasteiger partial charge in [-0.15, -0.1) is 0 Å². The summed E-state index contributed by atoms with van der Waals surface area (Å²) >= 11 is 0. The third-order valence-electron chi connectivity index (χ3n) is 10.1. The van der Waals surface area contributed by atoms with Crippen molar-refractivity contribution in [2.75, 3.05) is 0 Å². The van der Waals surface area contributed by atoms with E-state index in [-0.39, 0.29) is 29.8 Å². The standard InChI is InChI=1S/C25H34O6/c1-15(26)24-12-13-25(31-21(30-24)7-6-20(28)29)19-5-4-16-14-17(27)8-10-22(16,2)18(19)9-11-23(24,25)3/h14,18-19,21H,4-13H2,1-3H3,(H,28,29)/t18-,19+,21?,22-,23+,24-,25+/m0/s1. The number of hydrogen-bond donors (Lipinski definition) is 1. The van der Waals surface area contributed by atoms with Crippen molar-refractivity contribution in [2.24, 2.45) is 22.7 Å². The highest BCUT2D eigenvalue weighted by molar-refractivity contribution is 5.91. The zero-order valence-corrected chi connectivity index (χ0v) is 18.9. The first-order valence-corrected chi connectivity index (χ1v) is 11.9. The van der Waals surface area contributed by atoms with Crippen LogP contribution in [0.25, 0.3) is 0 Å². The average Bonchev–Trinajstić information content (AvgIpc) is 2.84. The van der Waals surface area contributed by atoms with Crippen molar-refractivity contribution in [1.82, 2.24) is 0 Å². The molecule has 0 aromatic rings. The second-order valence-electron chi connectivity index (χ2n) is 11.0. The predicted molar refractivity (Wildman–Crippen MR) is 112 cm³/mol. The number of carboxylic acid groups (broad SMARTS) is 1. The quantitative estimate of drug-likeness (QED) is 0.719. The van der Waals surface area contributed by atoms with Gasteiger partial charge in [0.2, 0.25) is 0 Å². The molecule has 0 radical (unpaired) electrons. The maximum atomic E-state index is 13.1. The van der Waals surface area contributed by atoms with Crippen LogP contribution in [-0.4, -0.2) is 40.1 Å². The molecule has 6 heteroatoms. The van der Waals surface area contributed by atoms with Crippen molar-refractivity contribution in [3.63, 3.8) is 0 Å². The van der Waals surface area contributed by atoms with E-state index in [0.717, 1.165) is 38.5 Å². The van der Waals surface area contributed by atoms with Gasteiger partial charge in [-0.25, -0.2) is 0 Å². The van der Waals surface area contributed by atoms with Crippen LogP contribution in [0.2, 0.25) is 0 Å². The second kappa shape index (κ2) is 6.74. The van der Waals surface area contributed by atoms with E-state index in [0.29, 0.717) is 24.7 Å². The Bertz CT molecular complexity index is 877. The molecule has 0 aromatic heterocycles. The number of allylic oxidation sites excluding steroid dienone is 1. The summed E-state index contributed by atoms with van der Waals surface area (Å²) in [6.45, 7) is 6.14. The molecule has 1 saturated heterocycles. The summed E-state index contributed by atoms with van der Waals surface area (Å²) in [7, 11) is 0. The Labute approximate surface area is 183 Å². The summed E-state index contributed by atoms with van der Waals surface area (Å²) in [6, 6.07) is 0. The van der Waals surface area contributed by atoms with Gasteiger partial charge in [-0.1, -0.05) is 19.4 Å². The number of carboxylic acids is 1. The van der Waals surface area contributed by atoms with Crippen LogP contribution in [0.3, 0.4) is 0 Å². The van der Waals surface area contributed by atoms with Crippen molar-refractivity contribution >= 4 is 17.5 Å². The number of rotatable bonds is 4. The normalized spacial score (nSPS) is 48.3. The van der Waals surface area contributed by atoms with E-state index >= 15 is 0 Å². The fraction of sp³-hybridized carbons (Fsp3) is 0.800. The molecule has 0 spiro atoms. The SMILES string of the molecule is CC(=O)[C@]12CC[C@@]3(OC(CCC(=O)O)O1)[C@@H]1CCC4=CC(=O)CC[C@]4(C)[C@H]1CC[C@]23C. The van der Waals surface area contributed by atoms with Gasteiger partial charge in [0.1, 0.15) is 5.60 Å². The molecule has 1 heterocycles. The Morgan fingerprint density at radius 3 is 2.55 bits per heavy atom. The molecule has 1 aliphatic heterocycles. The number of fused-ring (bicyclic) bond motifs is 3. The van der Waals surface area contributed by atoms with Crippen LogP contribution in [0.1, 0.15) is 85.0 Å². The Morgan fingerprint density at radius 1 is 1.06 bits per heavy atom. The van der Waals surface area contributed by atoms with E-state index in [4.69, 9.17) is 9.47 Å². The fourth-order valence-corrected chi connectivity index (χ4v) is 8.45. The first kappa shape index (κ1) is 21.3. The van der Waals surface area contributed by atoms with Crippen molar-refractivity contribution in [1.29, 1.82) is 0 Å². The molecule has 2 bridgehead atoms. The van der Waals surface area contributed by atoms with E-state index in [1.165, 1.54) is 5.57 Å². The lowest BCUT2D eigenvalue weighted by Crippen LogP contribution is -2.71. The molecule has 1 unspecified atom stereocenters. The molecule has 31 heavy (non-hydrogen) atoms. The third kappa shape index (κ3) is 2.61. The van der Waals surface area contributed by atoms with E-state index in [2.05, 4.69) is 13.8 Å². The van der Waals surface area contributed by atoms with Crippen LogP contribution in [0.15, 0.2) is 11.6 Å². The van der Waals surface area contributed by atoms with Gasteiger partial charge in [-0.05, 0) is 75.2 Å². The smallest absolute Gasteiger partial charge is 0.303 e. The third-order valence-corrected chi connectivity index (χ3v) is 10.1. The molecule has 0 aromatic carbocycles. The minimum Gasteiger partial charge on any atom is -0.481 e. The maximum Gasteiger partial charge on any atom is 0.303 e. The molecule has 3 saturated carbocycles. The number of Topliss-reactive ketones (excluding diaryl/α,β-unsaturated/α-hetero) is 1. The molecular formula is C25H34O6. The summed E-state index contributed by atoms with van der Waals surface area (Å²) in [6.07, 6.45) is 8.11. The molecule has 5 rings (SSSR count). The van der Waals surface area contributed by atoms with E-state index < -0.39 is 28.9 Å². The molecule has 7 atom stereocenters. The lowest BCUT2D eigenvalue weighted by Gasteiger charge is -2.66. The van der Waals surface area contributed by atoms with Gasteiger partial charge >= 0.3 is 5.97 Å². The first-order valence-electron chi connectivity index (χ1n) is 11.9. The highest BCUT2D eigenvalue weighted by atomic mass is 16.7. The summed E-state index contributed by atoms with van der Waals surface area (Å²) in [5.41, 5.74) is -0.463. The van der Waals surface area contributed by atoms with Gasteiger partial charge in [0, 0.05) is 18.3 Å². The minimum atomic E-state index is -0.890. The Morgan fingerprint density at radius 2 is 1.84 bits per heavy atom. The van der Waals surface area contributed by atoms with Gasteiger partial charge in [-0.2, -0.15) is 0 Å². The molecule has 4 fully saturated rings. The number of aliphatic carboxylic acids is 1. The summed E-state index contributed by atoms with van der Waals surface area (Å²) in [4.78, 5) is 36.4. The van der Waals surface area contributed by atoms with Gasteiger partial charge in [0.15, 0.2) is 17.9 Å². The molecular weight excluding hydrogens is 396 g/mol. The Kier molecular flexibility index (Phi) is 4.63. The van der Waals surface area contributed by atoms with Crippen molar-refractivity contribution in [2.45, 2.75) is 102 Å². The van der Waals surface area contributed by atoms with Crippen LogP contribution in [-0.2, 0) is 23.9 Å². The molecule has 170 valence electrons. The number of carbonyl (C=O) groups is 3.